The van der Waals surface area contributed by atoms with Gasteiger partial charge in [-0.05, 0) is 49.1 Å². The largest absolute Gasteiger partial charge is 0.389 e. The third-order valence-electron chi connectivity index (χ3n) is 3.89. The summed E-state index contributed by atoms with van der Waals surface area (Å²) in [6.07, 6.45) is 3.51. The SMILES string of the molecule is NC(=S)c1ccc(N2CCCCc3ccccc32)cc1Cl. The van der Waals surface area contributed by atoms with Gasteiger partial charge in [0.05, 0.1) is 5.02 Å². The maximum absolute atomic E-state index is 6.32. The van der Waals surface area contributed by atoms with Crippen molar-refractivity contribution in [2.75, 3.05) is 11.4 Å². The zero-order valence-corrected chi connectivity index (χ0v) is 13.3. The molecule has 0 radical (unpaired) electrons. The summed E-state index contributed by atoms with van der Waals surface area (Å²) in [5, 5.41) is 0.613. The van der Waals surface area contributed by atoms with Gasteiger partial charge < -0.3 is 10.6 Å². The van der Waals surface area contributed by atoms with Crippen LogP contribution >= 0.6 is 23.8 Å². The van der Waals surface area contributed by atoms with Gasteiger partial charge in [-0.25, -0.2) is 0 Å². The quantitative estimate of drug-likeness (QED) is 0.830. The van der Waals surface area contributed by atoms with E-state index in [0.29, 0.717) is 10.0 Å². The van der Waals surface area contributed by atoms with E-state index in [1.165, 1.54) is 24.1 Å². The lowest BCUT2D eigenvalue weighted by Gasteiger charge is -2.25. The number of para-hydroxylation sites is 1. The van der Waals surface area contributed by atoms with E-state index in [4.69, 9.17) is 29.6 Å². The van der Waals surface area contributed by atoms with Gasteiger partial charge in [-0.2, -0.15) is 0 Å². The van der Waals surface area contributed by atoms with Gasteiger partial charge in [-0.3, -0.25) is 0 Å². The summed E-state index contributed by atoms with van der Waals surface area (Å²) in [6, 6.07) is 14.5. The number of benzene rings is 2. The number of hydrogen-bond donors (Lipinski definition) is 1. The van der Waals surface area contributed by atoms with Crippen molar-refractivity contribution in [1.29, 1.82) is 0 Å². The van der Waals surface area contributed by atoms with Gasteiger partial charge in [0.25, 0.3) is 0 Å². The highest BCUT2D eigenvalue weighted by Crippen LogP contribution is 2.34. The molecule has 0 atom stereocenters. The molecular formula is C17H17ClN2S. The molecule has 108 valence electrons. The van der Waals surface area contributed by atoms with E-state index in [2.05, 4.69) is 29.2 Å². The summed E-state index contributed by atoms with van der Waals surface area (Å²) in [5.41, 5.74) is 10.2. The molecule has 2 N–H and O–H groups in total. The minimum atomic E-state index is 0.336. The standard InChI is InChI=1S/C17H17ClN2S/c18-15-11-13(8-9-14(15)17(19)21)20-10-4-3-6-12-5-1-2-7-16(12)20/h1-2,5,7-9,11H,3-4,6,10H2,(H2,19,21). The van der Waals surface area contributed by atoms with E-state index in [1.54, 1.807) is 0 Å². The topological polar surface area (TPSA) is 29.3 Å². The second-order valence-electron chi connectivity index (χ2n) is 5.27. The summed E-state index contributed by atoms with van der Waals surface area (Å²) < 4.78 is 0. The van der Waals surface area contributed by atoms with Crippen LogP contribution in [0.3, 0.4) is 0 Å². The Morgan fingerprint density at radius 2 is 1.95 bits per heavy atom. The minimum Gasteiger partial charge on any atom is -0.389 e. The smallest absolute Gasteiger partial charge is 0.105 e. The van der Waals surface area contributed by atoms with Crippen LogP contribution < -0.4 is 10.6 Å². The molecule has 0 aromatic heterocycles. The molecule has 2 nitrogen and oxygen atoms in total. The molecule has 1 aliphatic heterocycles. The summed E-state index contributed by atoms with van der Waals surface area (Å²) >= 11 is 11.3. The van der Waals surface area contributed by atoms with Crippen molar-refractivity contribution in [2.24, 2.45) is 5.73 Å². The van der Waals surface area contributed by atoms with Crippen molar-refractivity contribution < 1.29 is 0 Å². The van der Waals surface area contributed by atoms with Crippen LogP contribution in [0.25, 0.3) is 0 Å². The second-order valence-corrected chi connectivity index (χ2v) is 6.11. The van der Waals surface area contributed by atoms with Gasteiger partial charge in [0.15, 0.2) is 0 Å². The van der Waals surface area contributed by atoms with E-state index in [0.717, 1.165) is 24.2 Å². The fourth-order valence-corrected chi connectivity index (χ4v) is 3.34. The third kappa shape index (κ3) is 2.89. The molecule has 0 saturated heterocycles. The first kappa shape index (κ1) is 14.4. The van der Waals surface area contributed by atoms with Crippen molar-refractivity contribution in [3.05, 3.63) is 58.6 Å². The second kappa shape index (κ2) is 6.04. The van der Waals surface area contributed by atoms with Gasteiger partial charge in [0.1, 0.15) is 4.99 Å². The van der Waals surface area contributed by atoms with Crippen LogP contribution in [0.15, 0.2) is 42.5 Å². The van der Waals surface area contributed by atoms with E-state index >= 15 is 0 Å². The summed E-state index contributed by atoms with van der Waals surface area (Å²) in [6.45, 7) is 1.000. The number of rotatable bonds is 2. The normalized spacial score (nSPS) is 14.4. The van der Waals surface area contributed by atoms with E-state index in [-0.39, 0.29) is 0 Å². The molecule has 2 aromatic carbocycles. The van der Waals surface area contributed by atoms with Crippen molar-refractivity contribution in [2.45, 2.75) is 19.3 Å². The van der Waals surface area contributed by atoms with Crippen LogP contribution in [0.1, 0.15) is 24.0 Å². The van der Waals surface area contributed by atoms with E-state index in [1.807, 2.05) is 18.2 Å². The monoisotopic (exact) mass is 316 g/mol. The number of aryl methyl sites for hydroxylation is 1. The lowest BCUT2D eigenvalue weighted by molar-refractivity contribution is 0.761. The predicted octanol–water partition coefficient (Wildman–Crippen LogP) is 4.45. The van der Waals surface area contributed by atoms with Crippen molar-refractivity contribution >= 4 is 40.2 Å². The fraction of sp³-hybridized carbons (Fsp3) is 0.235. The molecule has 21 heavy (non-hydrogen) atoms. The van der Waals surface area contributed by atoms with Crippen molar-refractivity contribution in [1.82, 2.24) is 0 Å². The lowest BCUT2D eigenvalue weighted by Crippen LogP contribution is -2.18. The van der Waals surface area contributed by atoms with Crippen LogP contribution in [-0.2, 0) is 6.42 Å². The van der Waals surface area contributed by atoms with Gasteiger partial charge in [0, 0.05) is 23.5 Å². The zero-order valence-electron chi connectivity index (χ0n) is 11.7. The van der Waals surface area contributed by atoms with Crippen molar-refractivity contribution in [3.8, 4) is 0 Å². The summed E-state index contributed by atoms with van der Waals surface area (Å²) in [7, 11) is 0. The first-order valence-corrected chi connectivity index (χ1v) is 7.90. The Morgan fingerprint density at radius 3 is 2.71 bits per heavy atom. The molecule has 1 heterocycles. The Bertz CT molecular complexity index is 684. The number of halogens is 1. The number of anilines is 2. The van der Waals surface area contributed by atoms with Gasteiger partial charge in [-0.15, -0.1) is 0 Å². The van der Waals surface area contributed by atoms with Gasteiger partial charge in [-0.1, -0.05) is 42.0 Å². The maximum atomic E-state index is 6.32. The molecule has 0 spiro atoms. The molecule has 2 aromatic rings. The maximum Gasteiger partial charge on any atom is 0.105 e. The van der Waals surface area contributed by atoms with Gasteiger partial charge in [0.2, 0.25) is 0 Å². The number of hydrogen-bond acceptors (Lipinski definition) is 2. The van der Waals surface area contributed by atoms with Crippen LogP contribution in [-0.4, -0.2) is 11.5 Å². The highest BCUT2D eigenvalue weighted by atomic mass is 35.5. The Kier molecular flexibility index (Phi) is 4.13. The van der Waals surface area contributed by atoms with E-state index < -0.39 is 0 Å². The van der Waals surface area contributed by atoms with Crippen LogP contribution in [0.5, 0.6) is 0 Å². The van der Waals surface area contributed by atoms with E-state index in [9.17, 15) is 0 Å². The molecule has 0 bridgehead atoms. The van der Waals surface area contributed by atoms with Crippen molar-refractivity contribution in [3.63, 3.8) is 0 Å². The number of thiocarbonyl (C=S) groups is 1. The fourth-order valence-electron chi connectivity index (χ4n) is 2.83. The average molecular weight is 317 g/mol. The third-order valence-corrected chi connectivity index (χ3v) is 4.42. The molecular weight excluding hydrogens is 300 g/mol. The summed E-state index contributed by atoms with van der Waals surface area (Å²) in [5.74, 6) is 0. The van der Waals surface area contributed by atoms with Gasteiger partial charge >= 0.3 is 0 Å². The molecule has 4 heteroatoms. The molecule has 3 rings (SSSR count). The Balaban J connectivity index is 2.04. The minimum absolute atomic E-state index is 0.336. The molecule has 0 saturated carbocycles. The Labute approximate surface area is 135 Å². The van der Waals surface area contributed by atoms with Crippen LogP contribution in [0.2, 0.25) is 5.02 Å². The zero-order chi connectivity index (χ0) is 14.8. The first-order valence-electron chi connectivity index (χ1n) is 7.11. The summed E-state index contributed by atoms with van der Waals surface area (Å²) in [4.78, 5) is 2.67. The predicted molar refractivity (Wildman–Crippen MR) is 93.7 cm³/mol. The average Bonchev–Trinajstić information content (AvgIpc) is 2.69. The molecule has 0 unspecified atom stereocenters. The molecule has 1 aliphatic rings. The highest BCUT2D eigenvalue weighted by molar-refractivity contribution is 7.80. The molecule has 0 amide bonds. The van der Waals surface area contributed by atoms with Crippen LogP contribution in [0.4, 0.5) is 11.4 Å². The molecule has 0 fully saturated rings. The first-order chi connectivity index (χ1) is 10.2. The Hall–Kier alpha value is -1.58. The number of nitrogens with two attached hydrogens (primary N) is 1. The highest BCUT2D eigenvalue weighted by Gasteiger charge is 2.17. The number of fused-ring (bicyclic) bond motifs is 1. The lowest BCUT2D eigenvalue weighted by atomic mass is 10.1. The molecule has 0 aliphatic carbocycles. The van der Waals surface area contributed by atoms with Crippen LogP contribution in [0, 0.1) is 0 Å². The number of nitrogens with zero attached hydrogens (tertiary/aromatic N) is 1. The Morgan fingerprint density at radius 1 is 1.14 bits per heavy atom.